The number of amides is 1. The molecular formula is C18H17NO2S. The Morgan fingerprint density at radius 1 is 1.05 bits per heavy atom. The van der Waals surface area contributed by atoms with Gasteiger partial charge in [0.1, 0.15) is 11.5 Å². The van der Waals surface area contributed by atoms with Crippen LogP contribution in [-0.4, -0.2) is 34.4 Å². The summed E-state index contributed by atoms with van der Waals surface area (Å²) in [6, 6.07) is 17.5. The second-order valence-corrected chi connectivity index (χ2v) is 7.08. The Morgan fingerprint density at radius 3 is 2.41 bits per heavy atom. The van der Waals surface area contributed by atoms with E-state index in [2.05, 4.69) is 0 Å². The zero-order chi connectivity index (χ0) is 14.9. The Balaban J connectivity index is 1.46. The Kier molecular flexibility index (Phi) is 3.54. The van der Waals surface area contributed by atoms with Crippen molar-refractivity contribution in [3.05, 3.63) is 60.2 Å². The number of ether oxygens (including phenoxy) is 1. The van der Waals surface area contributed by atoms with Gasteiger partial charge in [0.2, 0.25) is 0 Å². The van der Waals surface area contributed by atoms with Crippen molar-refractivity contribution in [1.29, 1.82) is 0 Å². The summed E-state index contributed by atoms with van der Waals surface area (Å²) in [5.74, 6) is 2.79. The van der Waals surface area contributed by atoms with E-state index in [0.29, 0.717) is 11.3 Å². The average Bonchev–Trinajstić information content (AvgIpc) is 3.19. The van der Waals surface area contributed by atoms with Gasteiger partial charge in [0.25, 0.3) is 5.91 Å². The van der Waals surface area contributed by atoms with Crippen molar-refractivity contribution in [2.24, 2.45) is 0 Å². The Hall–Kier alpha value is -1.94. The molecule has 0 aliphatic carbocycles. The molecule has 2 aromatic carbocycles. The van der Waals surface area contributed by atoms with Gasteiger partial charge in [-0.1, -0.05) is 18.2 Å². The average molecular weight is 311 g/mol. The second-order valence-electron chi connectivity index (χ2n) is 5.74. The number of rotatable bonds is 3. The molecule has 4 heteroatoms. The van der Waals surface area contributed by atoms with Gasteiger partial charge in [0.05, 0.1) is 0 Å². The molecule has 2 heterocycles. The third-order valence-corrected chi connectivity index (χ3v) is 5.63. The minimum absolute atomic E-state index is 0.152. The van der Waals surface area contributed by atoms with Gasteiger partial charge in [-0.2, -0.15) is 11.8 Å². The monoisotopic (exact) mass is 311 g/mol. The lowest BCUT2D eigenvalue weighted by atomic mass is 10.1. The summed E-state index contributed by atoms with van der Waals surface area (Å²) < 4.78 is 5.76. The van der Waals surface area contributed by atoms with Gasteiger partial charge in [0.15, 0.2) is 0 Å². The van der Waals surface area contributed by atoms with Crippen molar-refractivity contribution >= 4 is 17.7 Å². The molecule has 22 heavy (non-hydrogen) atoms. The van der Waals surface area contributed by atoms with Crippen LogP contribution in [0.3, 0.4) is 0 Å². The van der Waals surface area contributed by atoms with Gasteiger partial charge in [-0.05, 0) is 42.8 Å². The maximum atomic E-state index is 12.6. The number of likely N-dealkylation sites (tertiary alicyclic amines) is 1. The molecule has 0 aromatic heterocycles. The van der Waals surface area contributed by atoms with Crippen molar-refractivity contribution in [1.82, 2.24) is 4.90 Å². The molecule has 3 nitrogen and oxygen atoms in total. The molecule has 2 aromatic rings. The highest BCUT2D eigenvalue weighted by Crippen LogP contribution is 2.38. The van der Waals surface area contributed by atoms with Gasteiger partial charge >= 0.3 is 0 Å². The first kappa shape index (κ1) is 13.7. The van der Waals surface area contributed by atoms with Crippen LogP contribution in [0.25, 0.3) is 0 Å². The SMILES string of the molecule is O=C(c1ccc(Oc2ccccc2)cc1)N1CC2CC1CS2. The Labute approximate surface area is 134 Å². The van der Waals surface area contributed by atoms with Crippen LogP contribution < -0.4 is 4.74 Å². The van der Waals surface area contributed by atoms with E-state index in [1.165, 1.54) is 0 Å². The first-order chi connectivity index (χ1) is 10.8. The van der Waals surface area contributed by atoms with Gasteiger partial charge < -0.3 is 9.64 Å². The minimum atomic E-state index is 0.152. The Bertz CT molecular complexity index is 671. The van der Waals surface area contributed by atoms with E-state index in [-0.39, 0.29) is 5.91 Å². The van der Waals surface area contributed by atoms with Gasteiger partial charge in [-0.25, -0.2) is 0 Å². The standard InChI is InChI=1S/C18H17NO2S/c20-18(19-11-17-10-14(19)12-22-17)13-6-8-16(9-7-13)21-15-4-2-1-3-5-15/h1-9,14,17H,10-12H2. The lowest BCUT2D eigenvalue weighted by Crippen LogP contribution is -2.39. The van der Waals surface area contributed by atoms with Crippen molar-refractivity contribution in [3.8, 4) is 11.5 Å². The number of benzene rings is 2. The van der Waals surface area contributed by atoms with Gasteiger partial charge in [-0.15, -0.1) is 0 Å². The van der Waals surface area contributed by atoms with Crippen molar-refractivity contribution in [3.63, 3.8) is 0 Å². The van der Waals surface area contributed by atoms with Crippen LogP contribution in [0.15, 0.2) is 54.6 Å². The van der Waals surface area contributed by atoms with E-state index in [0.717, 1.165) is 35.8 Å². The third-order valence-electron chi connectivity index (χ3n) is 4.24. The number of para-hydroxylation sites is 1. The molecule has 2 aliphatic rings. The highest BCUT2D eigenvalue weighted by Gasteiger charge is 2.41. The molecular weight excluding hydrogens is 294 g/mol. The highest BCUT2D eigenvalue weighted by atomic mass is 32.2. The van der Waals surface area contributed by atoms with E-state index < -0.39 is 0 Å². The third kappa shape index (κ3) is 2.59. The van der Waals surface area contributed by atoms with E-state index >= 15 is 0 Å². The molecule has 2 fully saturated rings. The normalized spacial score (nSPS) is 22.8. The van der Waals surface area contributed by atoms with E-state index in [1.807, 2.05) is 71.3 Å². The lowest BCUT2D eigenvalue weighted by Gasteiger charge is -2.26. The highest BCUT2D eigenvalue weighted by molar-refractivity contribution is 8.00. The Morgan fingerprint density at radius 2 is 1.77 bits per heavy atom. The number of hydrogen-bond donors (Lipinski definition) is 0. The lowest BCUT2D eigenvalue weighted by molar-refractivity contribution is 0.0747. The van der Waals surface area contributed by atoms with Crippen LogP contribution in [0.1, 0.15) is 16.8 Å². The first-order valence-corrected chi connectivity index (χ1v) is 8.60. The molecule has 1 amide bonds. The molecule has 4 rings (SSSR count). The molecule has 2 atom stereocenters. The predicted octanol–water partition coefficient (Wildman–Crippen LogP) is 3.81. The fourth-order valence-corrected chi connectivity index (χ4v) is 4.54. The smallest absolute Gasteiger partial charge is 0.254 e. The number of carbonyl (C=O) groups excluding carboxylic acids is 1. The van der Waals surface area contributed by atoms with E-state index in [9.17, 15) is 4.79 Å². The van der Waals surface area contributed by atoms with Crippen LogP contribution in [0.2, 0.25) is 0 Å². The van der Waals surface area contributed by atoms with Crippen molar-refractivity contribution in [2.45, 2.75) is 17.7 Å². The van der Waals surface area contributed by atoms with E-state index in [1.54, 1.807) is 0 Å². The summed E-state index contributed by atoms with van der Waals surface area (Å²) in [6.07, 6.45) is 1.16. The van der Waals surface area contributed by atoms with Gasteiger partial charge in [-0.3, -0.25) is 4.79 Å². The minimum Gasteiger partial charge on any atom is -0.457 e. The van der Waals surface area contributed by atoms with Crippen molar-refractivity contribution in [2.75, 3.05) is 12.3 Å². The van der Waals surface area contributed by atoms with Crippen LogP contribution in [-0.2, 0) is 0 Å². The molecule has 112 valence electrons. The number of thioether (sulfide) groups is 1. The van der Waals surface area contributed by atoms with Crippen LogP contribution >= 0.6 is 11.8 Å². The maximum Gasteiger partial charge on any atom is 0.254 e. The summed E-state index contributed by atoms with van der Waals surface area (Å²) in [5, 5.41) is 0.648. The van der Waals surface area contributed by atoms with Gasteiger partial charge in [0, 0.05) is 29.2 Å². The fraction of sp³-hybridized carbons (Fsp3) is 0.278. The number of carbonyl (C=O) groups is 1. The summed E-state index contributed by atoms with van der Waals surface area (Å²) in [4.78, 5) is 14.6. The van der Waals surface area contributed by atoms with Crippen molar-refractivity contribution < 1.29 is 9.53 Å². The largest absolute Gasteiger partial charge is 0.457 e. The quantitative estimate of drug-likeness (QED) is 0.863. The molecule has 2 unspecified atom stereocenters. The van der Waals surface area contributed by atoms with Crippen LogP contribution in [0.4, 0.5) is 0 Å². The van der Waals surface area contributed by atoms with Crippen LogP contribution in [0, 0.1) is 0 Å². The number of fused-ring (bicyclic) bond motifs is 2. The number of hydrogen-bond acceptors (Lipinski definition) is 3. The molecule has 0 N–H and O–H groups in total. The summed E-state index contributed by atoms with van der Waals surface area (Å²) in [6.45, 7) is 0.899. The molecule has 2 aliphatic heterocycles. The second kappa shape index (κ2) is 5.69. The maximum absolute atomic E-state index is 12.6. The topological polar surface area (TPSA) is 29.5 Å². The molecule has 0 spiro atoms. The molecule has 0 radical (unpaired) electrons. The predicted molar refractivity (Wildman–Crippen MR) is 88.6 cm³/mol. The van der Waals surface area contributed by atoms with E-state index in [4.69, 9.17) is 4.74 Å². The molecule has 2 saturated heterocycles. The zero-order valence-corrected chi connectivity index (χ0v) is 13.0. The summed E-state index contributed by atoms with van der Waals surface area (Å²) in [5.41, 5.74) is 0.748. The zero-order valence-electron chi connectivity index (χ0n) is 12.1. The molecule has 2 bridgehead atoms. The fourth-order valence-electron chi connectivity index (χ4n) is 3.10. The number of nitrogens with zero attached hydrogens (tertiary/aromatic N) is 1. The summed E-state index contributed by atoms with van der Waals surface area (Å²) in [7, 11) is 0. The molecule has 0 saturated carbocycles. The summed E-state index contributed by atoms with van der Waals surface area (Å²) >= 11 is 2.00. The first-order valence-electron chi connectivity index (χ1n) is 7.55. The van der Waals surface area contributed by atoms with Crippen LogP contribution in [0.5, 0.6) is 11.5 Å².